The van der Waals surface area contributed by atoms with Crippen molar-refractivity contribution in [1.29, 1.82) is 0 Å². The number of hydrogen-bond acceptors (Lipinski definition) is 2. The Morgan fingerprint density at radius 3 is 2.67 bits per heavy atom. The van der Waals surface area contributed by atoms with Crippen LogP contribution in [-0.4, -0.2) is 18.0 Å². The van der Waals surface area contributed by atoms with Gasteiger partial charge in [-0.3, -0.25) is 9.79 Å². The molecular weight excluding hydrogens is 246 g/mol. The number of rotatable bonds is 2. The average Bonchev–Trinajstić information content (AvgIpc) is 2.91. The number of Topliss-reactive ketones (excluding diaryl/α,β-unsaturated/α-hetero) is 1. The van der Waals surface area contributed by atoms with E-state index in [1.165, 1.54) is 24.0 Å². The first kappa shape index (κ1) is 13.3. The van der Waals surface area contributed by atoms with Crippen molar-refractivity contribution in [1.82, 2.24) is 0 Å². The molecule has 0 radical (unpaired) electrons. The third-order valence-electron chi connectivity index (χ3n) is 3.95. The lowest BCUT2D eigenvalue weighted by atomic mass is 9.90. The third-order valence-corrected chi connectivity index (χ3v) is 3.95. The molecule has 1 atom stereocenters. The van der Waals surface area contributed by atoms with Gasteiger partial charge in [-0.1, -0.05) is 37.1 Å². The van der Waals surface area contributed by atoms with Gasteiger partial charge in [0.1, 0.15) is 6.04 Å². The number of carbonyl (C=O) groups is 1. The van der Waals surface area contributed by atoms with Crippen LogP contribution in [-0.2, 0) is 11.2 Å². The summed E-state index contributed by atoms with van der Waals surface area (Å²) in [5.74, 6) is 0.649. The predicted octanol–water partition coefficient (Wildman–Crippen LogP) is 3.21. The monoisotopic (exact) mass is 263 g/mol. The van der Waals surface area contributed by atoms with E-state index in [9.17, 15) is 4.79 Å². The van der Waals surface area contributed by atoms with E-state index in [1.807, 2.05) is 18.3 Å². The number of hydrogen-bond donors (Lipinski definition) is 0. The molecular formula is C15H18ClNO. The Kier molecular flexibility index (Phi) is 4.18. The maximum absolute atomic E-state index is 12.3. The van der Waals surface area contributed by atoms with Crippen LogP contribution in [0.1, 0.15) is 36.8 Å². The zero-order valence-electron chi connectivity index (χ0n) is 10.3. The summed E-state index contributed by atoms with van der Waals surface area (Å²) in [6, 6.07) is 8.11. The highest BCUT2D eigenvalue weighted by molar-refractivity contribution is 5.92. The molecule has 1 aromatic carbocycles. The fraction of sp³-hybridized carbons (Fsp3) is 0.467. The third kappa shape index (κ3) is 2.49. The molecule has 2 nitrogen and oxygen atoms in total. The van der Waals surface area contributed by atoms with Crippen LogP contribution in [0.15, 0.2) is 29.3 Å². The molecule has 0 amide bonds. The molecule has 0 aromatic heterocycles. The lowest BCUT2D eigenvalue weighted by molar-refractivity contribution is -0.123. The molecule has 18 heavy (non-hydrogen) atoms. The van der Waals surface area contributed by atoms with E-state index in [-0.39, 0.29) is 24.4 Å². The molecule has 2 aliphatic rings. The Bertz CT molecular complexity index is 463. The highest BCUT2D eigenvalue weighted by Crippen LogP contribution is 2.29. The molecule has 0 bridgehead atoms. The quantitative estimate of drug-likeness (QED) is 0.806. The minimum atomic E-state index is -0.118. The summed E-state index contributed by atoms with van der Waals surface area (Å²) in [7, 11) is 0. The summed E-state index contributed by atoms with van der Waals surface area (Å²) in [4.78, 5) is 16.7. The molecule has 0 spiro atoms. The predicted molar refractivity (Wildman–Crippen MR) is 75.7 cm³/mol. The summed E-state index contributed by atoms with van der Waals surface area (Å²) in [6.45, 7) is 0. The highest BCUT2D eigenvalue weighted by atomic mass is 35.5. The molecule has 1 heterocycles. The zero-order valence-corrected chi connectivity index (χ0v) is 11.2. The van der Waals surface area contributed by atoms with Gasteiger partial charge in [0, 0.05) is 18.6 Å². The van der Waals surface area contributed by atoms with Crippen LogP contribution in [0.3, 0.4) is 0 Å². The van der Waals surface area contributed by atoms with E-state index in [2.05, 4.69) is 17.1 Å². The molecule has 1 saturated carbocycles. The van der Waals surface area contributed by atoms with Crippen molar-refractivity contribution < 1.29 is 4.79 Å². The van der Waals surface area contributed by atoms with Crippen LogP contribution >= 0.6 is 12.4 Å². The smallest absolute Gasteiger partial charge is 0.160 e. The first-order valence-electron chi connectivity index (χ1n) is 6.49. The summed E-state index contributed by atoms with van der Waals surface area (Å²) in [5.41, 5.74) is 2.43. The molecule has 1 unspecified atom stereocenters. The molecule has 96 valence electrons. The number of carbonyl (C=O) groups excluding carboxylic acids is 1. The average molecular weight is 264 g/mol. The number of benzene rings is 1. The number of fused-ring (bicyclic) bond motifs is 1. The van der Waals surface area contributed by atoms with Crippen LogP contribution in [0.4, 0.5) is 0 Å². The van der Waals surface area contributed by atoms with Gasteiger partial charge in [-0.15, -0.1) is 12.4 Å². The normalized spacial score (nSPS) is 22.3. The minimum Gasteiger partial charge on any atom is -0.297 e. The van der Waals surface area contributed by atoms with Gasteiger partial charge in [-0.25, -0.2) is 0 Å². The standard InChI is InChI=1S/C15H17NO.ClH/c17-15(11-5-1-2-6-11)14-9-12-7-3-4-8-13(12)10-16-14;/h3-4,7-8,10-11,14H,1-2,5-6,9H2;1H. The summed E-state index contributed by atoms with van der Waals surface area (Å²) in [6.07, 6.45) is 7.24. The van der Waals surface area contributed by atoms with Crippen molar-refractivity contribution in [2.45, 2.75) is 38.1 Å². The Morgan fingerprint density at radius 2 is 1.89 bits per heavy atom. The molecule has 3 rings (SSSR count). The maximum atomic E-state index is 12.3. The van der Waals surface area contributed by atoms with E-state index in [1.54, 1.807) is 0 Å². The van der Waals surface area contributed by atoms with Gasteiger partial charge in [0.05, 0.1) is 0 Å². The lowest BCUT2D eigenvalue weighted by Crippen LogP contribution is -2.29. The topological polar surface area (TPSA) is 29.4 Å². The van der Waals surface area contributed by atoms with Crippen LogP contribution in [0.2, 0.25) is 0 Å². The lowest BCUT2D eigenvalue weighted by Gasteiger charge is -2.20. The number of aliphatic imine (C=N–C) groups is 1. The summed E-state index contributed by atoms with van der Waals surface area (Å²) < 4.78 is 0. The number of nitrogens with zero attached hydrogens (tertiary/aromatic N) is 1. The first-order valence-corrected chi connectivity index (χ1v) is 6.49. The van der Waals surface area contributed by atoms with Gasteiger partial charge in [-0.2, -0.15) is 0 Å². The Balaban J connectivity index is 0.00000120. The zero-order chi connectivity index (χ0) is 11.7. The fourth-order valence-electron chi connectivity index (χ4n) is 2.93. The number of ketones is 1. The van der Waals surface area contributed by atoms with Crippen molar-refractivity contribution in [3.8, 4) is 0 Å². The molecule has 1 aromatic rings. The van der Waals surface area contributed by atoms with Gasteiger partial charge in [-0.05, 0) is 24.0 Å². The summed E-state index contributed by atoms with van der Waals surface area (Å²) in [5, 5.41) is 0. The van der Waals surface area contributed by atoms with Crippen LogP contribution in [0.5, 0.6) is 0 Å². The molecule has 0 saturated heterocycles. The van der Waals surface area contributed by atoms with Crippen molar-refractivity contribution >= 4 is 24.4 Å². The SMILES string of the molecule is Cl.O=C(C1CCCC1)C1Cc2ccccc2C=N1. The number of halogens is 1. The van der Waals surface area contributed by atoms with Crippen LogP contribution in [0.25, 0.3) is 0 Å². The van der Waals surface area contributed by atoms with Gasteiger partial charge in [0.2, 0.25) is 0 Å². The van der Waals surface area contributed by atoms with E-state index >= 15 is 0 Å². The van der Waals surface area contributed by atoms with E-state index in [0.29, 0.717) is 5.78 Å². The maximum Gasteiger partial charge on any atom is 0.160 e. The highest BCUT2D eigenvalue weighted by Gasteiger charge is 2.30. The van der Waals surface area contributed by atoms with Gasteiger partial charge >= 0.3 is 0 Å². The first-order chi connectivity index (χ1) is 8.34. The Hall–Kier alpha value is -1.15. The minimum absolute atomic E-state index is 0. The second kappa shape index (κ2) is 5.66. The van der Waals surface area contributed by atoms with Crippen molar-refractivity contribution in [2.24, 2.45) is 10.9 Å². The van der Waals surface area contributed by atoms with E-state index < -0.39 is 0 Å². The molecule has 3 heteroatoms. The second-order valence-corrected chi connectivity index (χ2v) is 5.08. The van der Waals surface area contributed by atoms with Crippen LogP contribution in [0, 0.1) is 5.92 Å². The Labute approximate surface area is 114 Å². The van der Waals surface area contributed by atoms with Gasteiger partial charge in [0.15, 0.2) is 5.78 Å². The van der Waals surface area contributed by atoms with Crippen molar-refractivity contribution in [3.63, 3.8) is 0 Å². The van der Waals surface area contributed by atoms with Gasteiger partial charge < -0.3 is 0 Å². The van der Waals surface area contributed by atoms with E-state index in [4.69, 9.17) is 0 Å². The summed E-state index contributed by atoms with van der Waals surface area (Å²) >= 11 is 0. The fourth-order valence-corrected chi connectivity index (χ4v) is 2.93. The molecule has 0 N–H and O–H groups in total. The molecule has 1 fully saturated rings. The molecule has 1 aliphatic heterocycles. The van der Waals surface area contributed by atoms with Gasteiger partial charge in [0.25, 0.3) is 0 Å². The van der Waals surface area contributed by atoms with Crippen molar-refractivity contribution in [3.05, 3.63) is 35.4 Å². The van der Waals surface area contributed by atoms with E-state index in [0.717, 1.165) is 19.3 Å². The van der Waals surface area contributed by atoms with Crippen LogP contribution < -0.4 is 0 Å². The largest absolute Gasteiger partial charge is 0.297 e. The Morgan fingerprint density at radius 1 is 1.17 bits per heavy atom. The second-order valence-electron chi connectivity index (χ2n) is 5.08. The van der Waals surface area contributed by atoms with Crippen molar-refractivity contribution in [2.75, 3.05) is 0 Å². The molecule has 1 aliphatic carbocycles.